The molecule has 6 nitrogen and oxygen atoms in total. The van der Waals surface area contributed by atoms with E-state index >= 15 is 0 Å². The van der Waals surface area contributed by atoms with Crippen LogP contribution in [0.15, 0.2) is 23.2 Å². The molecular weight excluding hydrogens is 403 g/mol. The van der Waals surface area contributed by atoms with Crippen molar-refractivity contribution >= 4 is 38.6 Å². The predicted octanol–water partition coefficient (Wildman–Crippen LogP) is 4.06. The maximum absolute atomic E-state index is 13.9. The number of benzene rings is 1. The molecule has 0 radical (unpaired) electrons. The number of nitrogens with zero attached hydrogens (tertiary/aromatic N) is 4. The molecule has 1 N–H and O–H groups in total. The maximum atomic E-state index is 13.9. The molecule has 1 aromatic carbocycles. The Hall–Kier alpha value is -2.20. The van der Waals surface area contributed by atoms with Gasteiger partial charge in [0.25, 0.3) is 0 Å². The molecule has 0 amide bonds. The summed E-state index contributed by atoms with van der Waals surface area (Å²) < 4.78 is 48.1. The molecule has 2 aromatic heterocycles. The van der Waals surface area contributed by atoms with Crippen molar-refractivity contribution in [1.29, 1.82) is 0 Å². The molecule has 1 aliphatic heterocycles. The highest BCUT2D eigenvalue weighted by molar-refractivity contribution is 9.10. The van der Waals surface area contributed by atoms with Gasteiger partial charge in [0.1, 0.15) is 6.23 Å². The van der Waals surface area contributed by atoms with Crippen molar-refractivity contribution in [3.63, 3.8) is 0 Å². The Morgan fingerprint density at radius 1 is 1.20 bits per heavy atom. The van der Waals surface area contributed by atoms with Gasteiger partial charge in [-0.1, -0.05) is 0 Å². The van der Waals surface area contributed by atoms with Crippen LogP contribution < -0.4 is 5.32 Å². The van der Waals surface area contributed by atoms with Crippen molar-refractivity contribution in [3.05, 3.63) is 40.6 Å². The van der Waals surface area contributed by atoms with Gasteiger partial charge < -0.3 is 10.1 Å². The van der Waals surface area contributed by atoms with Crippen LogP contribution in [0.25, 0.3) is 11.2 Å². The minimum Gasteiger partial charge on any atom is -0.358 e. The molecule has 0 aliphatic carbocycles. The lowest BCUT2D eigenvalue weighted by Crippen LogP contribution is -2.07. The molecule has 130 valence electrons. The Kier molecular flexibility index (Phi) is 4.08. The summed E-state index contributed by atoms with van der Waals surface area (Å²) >= 11 is 3.20. The van der Waals surface area contributed by atoms with E-state index < -0.39 is 17.5 Å². The minimum atomic E-state index is -1.56. The van der Waals surface area contributed by atoms with Gasteiger partial charge in [0.15, 0.2) is 34.4 Å². The summed E-state index contributed by atoms with van der Waals surface area (Å²) in [6, 6.07) is 1.92. The lowest BCUT2D eigenvalue weighted by Gasteiger charge is -2.12. The molecule has 3 aromatic rings. The van der Waals surface area contributed by atoms with Gasteiger partial charge in [0.05, 0.1) is 12.0 Å². The van der Waals surface area contributed by atoms with E-state index in [2.05, 4.69) is 36.2 Å². The highest BCUT2D eigenvalue weighted by Crippen LogP contribution is 2.31. The number of hydrogen-bond acceptors (Lipinski definition) is 5. The molecule has 3 heterocycles. The Balaban J connectivity index is 1.79. The van der Waals surface area contributed by atoms with Crippen LogP contribution in [0.1, 0.15) is 19.1 Å². The molecule has 1 fully saturated rings. The summed E-state index contributed by atoms with van der Waals surface area (Å²) in [5.41, 5.74) is 0.597. The van der Waals surface area contributed by atoms with Crippen molar-refractivity contribution in [2.75, 3.05) is 11.9 Å². The van der Waals surface area contributed by atoms with E-state index in [1.165, 1.54) is 0 Å². The largest absolute Gasteiger partial charge is 0.358 e. The van der Waals surface area contributed by atoms with E-state index in [-0.39, 0.29) is 22.5 Å². The molecule has 0 saturated carbocycles. The van der Waals surface area contributed by atoms with Crippen molar-refractivity contribution < 1.29 is 17.9 Å². The number of ether oxygens (including phenoxy) is 1. The number of nitrogens with one attached hydrogen (secondary N) is 1. The third-order valence-corrected chi connectivity index (χ3v) is 4.25. The second-order valence-electron chi connectivity index (χ2n) is 5.48. The van der Waals surface area contributed by atoms with Crippen LogP contribution >= 0.6 is 15.9 Å². The van der Waals surface area contributed by atoms with Crippen molar-refractivity contribution in [2.45, 2.75) is 19.1 Å². The lowest BCUT2D eigenvalue weighted by atomic mass is 10.2. The highest BCUT2D eigenvalue weighted by atomic mass is 79.9. The standard InChI is InChI=1S/C15H11BrF3N5O/c16-15-22-13(21-8-4-3-7(17)10(18)11(8)19)12-14(23-15)24(6-20-12)9-2-1-5-25-9/h3-4,6,9H,1-2,5H2,(H,21,22,23). The molecule has 1 unspecified atom stereocenters. The minimum absolute atomic E-state index is 0.165. The first kappa shape index (κ1) is 16.3. The van der Waals surface area contributed by atoms with Crippen LogP contribution in [-0.2, 0) is 4.74 Å². The summed E-state index contributed by atoms with van der Waals surface area (Å²) in [6.07, 6.45) is 3.14. The van der Waals surface area contributed by atoms with E-state index in [1.54, 1.807) is 10.9 Å². The van der Waals surface area contributed by atoms with Gasteiger partial charge in [-0.15, -0.1) is 0 Å². The monoisotopic (exact) mass is 413 g/mol. The van der Waals surface area contributed by atoms with Crippen LogP contribution in [0.3, 0.4) is 0 Å². The van der Waals surface area contributed by atoms with Crippen LogP contribution in [0.5, 0.6) is 0 Å². The molecule has 0 spiro atoms. The number of aromatic nitrogens is 4. The number of imidazole rings is 1. The maximum Gasteiger partial charge on any atom is 0.200 e. The Labute approximate surface area is 148 Å². The number of anilines is 2. The predicted molar refractivity (Wildman–Crippen MR) is 86.8 cm³/mol. The van der Waals surface area contributed by atoms with Crippen LogP contribution in [0, 0.1) is 17.5 Å². The number of fused-ring (bicyclic) bond motifs is 1. The first-order chi connectivity index (χ1) is 12.0. The summed E-state index contributed by atoms with van der Waals surface area (Å²) in [4.78, 5) is 12.7. The van der Waals surface area contributed by atoms with E-state index in [1.807, 2.05) is 0 Å². The quantitative estimate of drug-likeness (QED) is 0.518. The number of halogens is 4. The van der Waals surface area contributed by atoms with Crippen LogP contribution in [0.4, 0.5) is 24.7 Å². The van der Waals surface area contributed by atoms with Gasteiger partial charge in [0, 0.05) is 6.61 Å². The molecule has 10 heteroatoms. The number of hydrogen-bond donors (Lipinski definition) is 1. The zero-order valence-electron chi connectivity index (χ0n) is 12.6. The fraction of sp³-hybridized carbons (Fsp3) is 0.267. The van der Waals surface area contributed by atoms with Crippen molar-refractivity contribution in [2.24, 2.45) is 0 Å². The molecule has 1 saturated heterocycles. The van der Waals surface area contributed by atoms with Crippen molar-refractivity contribution in [3.8, 4) is 0 Å². The second-order valence-corrected chi connectivity index (χ2v) is 6.19. The molecule has 1 atom stereocenters. The fourth-order valence-corrected chi connectivity index (χ4v) is 3.06. The molecule has 1 aliphatic rings. The second kappa shape index (κ2) is 6.26. The van der Waals surface area contributed by atoms with E-state index in [4.69, 9.17) is 4.74 Å². The zero-order chi connectivity index (χ0) is 17.6. The average Bonchev–Trinajstić information content (AvgIpc) is 3.24. The van der Waals surface area contributed by atoms with Crippen LogP contribution in [-0.4, -0.2) is 26.1 Å². The van der Waals surface area contributed by atoms with E-state index in [9.17, 15) is 13.2 Å². The zero-order valence-corrected chi connectivity index (χ0v) is 14.2. The summed E-state index contributed by atoms with van der Waals surface area (Å²) in [6.45, 7) is 0.655. The van der Waals surface area contributed by atoms with Gasteiger partial charge in [0.2, 0.25) is 4.73 Å². The van der Waals surface area contributed by atoms with Gasteiger partial charge in [-0.05, 0) is 40.9 Å². The summed E-state index contributed by atoms with van der Waals surface area (Å²) in [5.74, 6) is -3.99. The van der Waals surface area contributed by atoms with Crippen LogP contribution in [0.2, 0.25) is 0 Å². The first-order valence-corrected chi connectivity index (χ1v) is 8.26. The number of rotatable bonds is 3. The van der Waals surface area contributed by atoms with Crippen molar-refractivity contribution in [1.82, 2.24) is 19.5 Å². The van der Waals surface area contributed by atoms with Gasteiger partial charge in [-0.25, -0.2) is 28.1 Å². The highest BCUT2D eigenvalue weighted by Gasteiger charge is 2.23. The normalized spacial score (nSPS) is 17.4. The molecule has 4 rings (SSSR count). The average molecular weight is 414 g/mol. The van der Waals surface area contributed by atoms with E-state index in [0.29, 0.717) is 17.8 Å². The smallest absolute Gasteiger partial charge is 0.200 e. The summed E-state index contributed by atoms with van der Waals surface area (Å²) in [5, 5.41) is 2.65. The SMILES string of the molecule is Fc1ccc(Nc2nc(Br)nc3c2ncn3C2CCCO2)c(F)c1F. The van der Waals surface area contributed by atoms with Gasteiger partial charge in [-0.3, -0.25) is 4.57 Å². The fourth-order valence-electron chi connectivity index (χ4n) is 2.72. The van der Waals surface area contributed by atoms with E-state index in [0.717, 1.165) is 25.0 Å². The third-order valence-electron chi connectivity index (χ3n) is 3.90. The third kappa shape index (κ3) is 2.85. The molecular formula is C15H11BrF3N5O. The van der Waals surface area contributed by atoms with Gasteiger partial charge >= 0.3 is 0 Å². The lowest BCUT2D eigenvalue weighted by molar-refractivity contribution is 0.0592. The Morgan fingerprint density at radius 2 is 2.04 bits per heavy atom. The van der Waals surface area contributed by atoms with Gasteiger partial charge in [-0.2, -0.15) is 0 Å². The molecule has 0 bridgehead atoms. The molecule has 25 heavy (non-hydrogen) atoms. The first-order valence-electron chi connectivity index (χ1n) is 7.47. The Bertz CT molecular complexity index is 958. The summed E-state index contributed by atoms with van der Waals surface area (Å²) in [7, 11) is 0. The Morgan fingerprint density at radius 3 is 2.80 bits per heavy atom. The topological polar surface area (TPSA) is 64.9 Å².